The fourth-order valence-corrected chi connectivity index (χ4v) is 3.48. The molecule has 2 aliphatic heterocycles. The fraction of sp³-hybridized carbons (Fsp3) is 0.500. The van der Waals surface area contributed by atoms with E-state index in [2.05, 4.69) is 24.5 Å². The molecule has 0 radical (unpaired) electrons. The average molecular weight is 386 g/mol. The van der Waals surface area contributed by atoms with Crippen molar-refractivity contribution in [2.24, 2.45) is 11.1 Å². The summed E-state index contributed by atoms with van der Waals surface area (Å²) in [5.74, 6) is -1.95. The Kier molecular flexibility index (Phi) is 5.62. The molecule has 0 spiro atoms. The molecule has 8 heteroatoms. The first kappa shape index (κ1) is 20.2. The topological polar surface area (TPSA) is 122 Å². The van der Waals surface area contributed by atoms with Crippen LogP contribution in [0, 0.1) is 5.41 Å². The Bertz CT molecular complexity index is 833. The summed E-state index contributed by atoms with van der Waals surface area (Å²) in [5.41, 5.74) is 7.13. The summed E-state index contributed by atoms with van der Waals surface area (Å²) < 4.78 is 0. The number of rotatable bonds is 7. The Morgan fingerprint density at radius 2 is 1.96 bits per heavy atom. The number of carbonyl (C=O) groups excluding carboxylic acids is 4. The number of nitrogens with one attached hydrogen (secondary N) is 2. The van der Waals surface area contributed by atoms with E-state index in [1.807, 2.05) is 0 Å². The number of nitrogens with two attached hydrogens (primary N) is 1. The number of benzene rings is 1. The Labute approximate surface area is 163 Å². The average Bonchev–Trinajstić information content (AvgIpc) is 2.91. The van der Waals surface area contributed by atoms with Gasteiger partial charge in [0.2, 0.25) is 11.8 Å². The van der Waals surface area contributed by atoms with E-state index in [0.717, 1.165) is 23.4 Å². The smallest absolute Gasteiger partial charge is 0.262 e. The quantitative estimate of drug-likeness (QED) is 0.465. The van der Waals surface area contributed by atoms with Crippen LogP contribution in [0.5, 0.6) is 0 Å². The predicted octanol–water partition coefficient (Wildman–Crippen LogP) is 0.552. The van der Waals surface area contributed by atoms with E-state index < -0.39 is 23.8 Å². The van der Waals surface area contributed by atoms with Crippen LogP contribution in [0.15, 0.2) is 18.2 Å². The molecule has 4 N–H and O–H groups in total. The highest BCUT2D eigenvalue weighted by molar-refractivity contribution is 6.24. The van der Waals surface area contributed by atoms with Crippen LogP contribution < -0.4 is 16.4 Å². The Morgan fingerprint density at radius 3 is 2.64 bits per heavy atom. The van der Waals surface area contributed by atoms with E-state index in [1.165, 1.54) is 0 Å². The molecule has 1 saturated heterocycles. The third-order valence-electron chi connectivity index (χ3n) is 5.40. The van der Waals surface area contributed by atoms with Gasteiger partial charge in [0.15, 0.2) is 0 Å². The molecule has 0 aliphatic carbocycles. The van der Waals surface area contributed by atoms with E-state index in [-0.39, 0.29) is 24.2 Å². The van der Waals surface area contributed by atoms with Gasteiger partial charge in [-0.05, 0) is 43.0 Å². The van der Waals surface area contributed by atoms with Gasteiger partial charge in [-0.1, -0.05) is 26.0 Å². The van der Waals surface area contributed by atoms with Crippen LogP contribution in [0.1, 0.15) is 59.4 Å². The zero-order valence-electron chi connectivity index (χ0n) is 16.2. The number of piperidine rings is 1. The molecular formula is C20H26N4O4. The number of amides is 4. The molecule has 3 rings (SSSR count). The lowest BCUT2D eigenvalue weighted by Gasteiger charge is -2.27. The van der Waals surface area contributed by atoms with Crippen LogP contribution >= 0.6 is 0 Å². The molecule has 1 aromatic carbocycles. The zero-order valence-corrected chi connectivity index (χ0v) is 16.2. The standard InChI is InChI=1S/C20H26N4O4/c1-20(2,11-21)8-9-22-10-12-4-3-5-13-16(12)19(28)24(18(13)27)14-6-7-15(25)23-17(14)26/h3-5,14,22H,6-11,21H2,1-2H3,(H,23,25,26). The molecule has 150 valence electrons. The zero-order chi connectivity index (χ0) is 20.5. The van der Waals surface area contributed by atoms with Crippen molar-refractivity contribution in [2.75, 3.05) is 13.1 Å². The highest BCUT2D eigenvalue weighted by Gasteiger charge is 2.45. The second-order valence-electron chi connectivity index (χ2n) is 8.08. The first-order chi connectivity index (χ1) is 13.2. The van der Waals surface area contributed by atoms with Crippen LogP contribution in [0.4, 0.5) is 0 Å². The van der Waals surface area contributed by atoms with Crippen LogP contribution in [0.25, 0.3) is 0 Å². The van der Waals surface area contributed by atoms with E-state index in [0.29, 0.717) is 24.2 Å². The SMILES string of the molecule is CC(C)(CN)CCNCc1cccc2c1C(=O)N(C1CCC(=O)NC1=O)C2=O. The molecule has 1 fully saturated rings. The maximum absolute atomic E-state index is 13.0. The normalized spacial score (nSPS) is 19.8. The van der Waals surface area contributed by atoms with Gasteiger partial charge in [-0.3, -0.25) is 29.4 Å². The molecule has 1 aromatic rings. The minimum absolute atomic E-state index is 0.0278. The van der Waals surface area contributed by atoms with E-state index in [1.54, 1.807) is 18.2 Å². The second-order valence-corrected chi connectivity index (χ2v) is 8.08. The lowest BCUT2D eigenvalue weighted by molar-refractivity contribution is -0.136. The summed E-state index contributed by atoms with van der Waals surface area (Å²) in [6, 6.07) is 4.19. The number of hydrogen-bond acceptors (Lipinski definition) is 6. The molecule has 8 nitrogen and oxygen atoms in total. The van der Waals surface area contributed by atoms with Gasteiger partial charge in [0.25, 0.3) is 11.8 Å². The van der Waals surface area contributed by atoms with Crippen LogP contribution in [-0.4, -0.2) is 47.7 Å². The van der Waals surface area contributed by atoms with Gasteiger partial charge < -0.3 is 11.1 Å². The maximum Gasteiger partial charge on any atom is 0.262 e. The van der Waals surface area contributed by atoms with Gasteiger partial charge >= 0.3 is 0 Å². The van der Waals surface area contributed by atoms with Crippen molar-refractivity contribution in [3.05, 3.63) is 34.9 Å². The lowest BCUT2D eigenvalue weighted by atomic mass is 9.90. The third kappa shape index (κ3) is 3.83. The Hall–Kier alpha value is -2.58. The highest BCUT2D eigenvalue weighted by atomic mass is 16.2. The first-order valence-electron chi connectivity index (χ1n) is 9.49. The maximum atomic E-state index is 13.0. The van der Waals surface area contributed by atoms with Gasteiger partial charge in [0.1, 0.15) is 6.04 Å². The Balaban J connectivity index is 1.75. The summed E-state index contributed by atoms with van der Waals surface area (Å²) >= 11 is 0. The molecule has 0 bridgehead atoms. The van der Waals surface area contributed by atoms with E-state index >= 15 is 0 Å². The van der Waals surface area contributed by atoms with Crippen molar-refractivity contribution in [1.29, 1.82) is 0 Å². The van der Waals surface area contributed by atoms with Crippen molar-refractivity contribution in [2.45, 2.75) is 45.7 Å². The summed E-state index contributed by atoms with van der Waals surface area (Å²) in [6.45, 7) is 5.94. The van der Waals surface area contributed by atoms with Crippen LogP contribution in [0.2, 0.25) is 0 Å². The summed E-state index contributed by atoms with van der Waals surface area (Å²) in [6.07, 6.45) is 1.14. The minimum Gasteiger partial charge on any atom is -0.330 e. The van der Waals surface area contributed by atoms with Crippen molar-refractivity contribution >= 4 is 23.6 Å². The molecule has 0 saturated carbocycles. The summed E-state index contributed by atoms with van der Waals surface area (Å²) in [4.78, 5) is 50.3. The third-order valence-corrected chi connectivity index (χ3v) is 5.40. The molecular weight excluding hydrogens is 360 g/mol. The van der Waals surface area contributed by atoms with Crippen LogP contribution in [-0.2, 0) is 16.1 Å². The summed E-state index contributed by atoms with van der Waals surface area (Å²) in [5, 5.41) is 5.51. The van der Waals surface area contributed by atoms with E-state index in [4.69, 9.17) is 5.73 Å². The largest absolute Gasteiger partial charge is 0.330 e. The Morgan fingerprint density at radius 1 is 1.21 bits per heavy atom. The van der Waals surface area contributed by atoms with Gasteiger partial charge in [-0.25, -0.2) is 0 Å². The van der Waals surface area contributed by atoms with Gasteiger partial charge in [0, 0.05) is 13.0 Å². The molecule has 0 aromatic heterocycles. The molecule has 1 atom stereocenters. The number of imide groups is 2. The number of carbonyl (C=O) groups is 4. The van der Waals surface area contributed by atoms with E-state index in [9.17, 15) is 19.2 Å². The minimum atomic E-state index is -0.948. The number of fused-ring (bicyclic) bond motifs is 1. The predicted molar refractivity (Wildman–Crippen MR) is 102 cm³/mol. The molecule has 1 unspecified atom stereocenters. The first-order valence-corrected chi connectivity index (χ1v) is 9.49. The molecule has 4 amide bonds. The van der Waals surface area contributed by atoms with Crippen LogP contribution in [0.3, 0.4) is 0 Å². The lowest BCUT2D eigenvalue weighted by Crippen LogP contribution is -2.54. The van der Waals surface area contributed by atoms with Crippen molar-refractivity contribution < 1.29 is 19.2 Å². The van der Waals surface area contributed by atoms with Crippen molar-refractivity contribution in [3.63, 3.8) is 0 Å². The molecule has 2 aliphatic rings. The fourth-order valence-electron chi connectivity index (χ4n) is 3.48. The number of nitrogens with zero attached hydrogens (tertiary/aromatic N) is 1. The highest BCUT2D eigenvalue weighted by Crippen LogP contribution is 2.30. The van der Waals surface area contributed by atoms with Gasteiger partial charge in [0.05, 0.1) is 11.1 Å². The van der Waals surface area contributed by atoms with Crippen molar-refractivity contribution in [3.8, 4) is 0 Å². The molecule has 2 heterocycles. The molecule has 28 heavy (non-hydrogen) atoms. The van der Waals surface area contributed by atoms with Gasteiger partial charge in [-0.15, -0.1) is 0 Å². The van der Waals surface area contributed by atoms with Gasteiger partial charge in [-0.2, -0.15) is 0 Å². The van der Waals surface area contributed by atoms with Crippen molar-refractivity contribution in [1.82, 2.24) is 15.5 Å². The monoisotopic (exact) mass is 386 g/mol. The second kappa shape index (κ2) is 7.81. The summed E-state index contributed by atoms with van der Waals surface area (Å²) in [7, 11) is 0. The number of hydrogen-bond donors (Lipinski definition) is 3.